The summed E-state index contributed by atoms with van der Waals surface area (Å²) in [5.74, 6) is 1.72. The Morgan fingerprint density at radius 3 is 1.92 bits per heavy atom. The molecule has 0 amide bonds. The van der Waals surface area contributed by atoms with Crippen LogP contribution >= 0.6 is 0 Å². The zero-order chi connectivity index (χ0) is 9.26. The van der Waals surface area contributed by atoms with Crippen molar-refractivity contribution in [3.63, 3.8) is 0 Å². The number of benzene rings is 1. The Labute approximate surface area is 78.5 Å². The van der Waals surface area contributed by atoms with E-state index in [1.165, 1.54) is 0 Å². The Hall–Kier alpha value is -1.18. The maximum Gasteiger partial charge on any atom is 0.161 e. The first kappa shape index (κ1) is 8.42. The highest BCUT2D eigenvalue weighted by Gasteiger charge is 2.19. The molecule has 1 aromatic carbocycles. The topological polar surface area (TPSA) is 18.5 Å². The average molecular weight is 178 g/mol. The Balaban J connectivity index is 2.32. The average Bonchev–Trinajstić information content (AvgIpc) is 2.20. The molecule has 0 fully saturated rings. The summed E-state index contributed by atoms with van der Waals surface area (Å²) in [6.45, 7) is 4.14. The van der Waals surface area contributed by atoms with E-state index in [4.69, 9.17) is 9.47 Å². The standard InChI is InChI=1S/C11H14O2/c1-8-7-9(2)13-11-6-4-3-5-10(11)12-8/h3-6,8-9H,7H2,1-2H3/t8-,9-/m1/s1. The Morgan fingerprint density at radius 2 is 1.46 bits per heavy atom. The summed E-state index contributed by atoms with van der Waals surface area (Å²) in [6.07, 6.45) is 1.41. The molecule has 0 aliphatic carbocycles. The van der Waals surface area contributed by atoms with E-state index >= 15 is 0 Å². The van der Waals surface area contributed by atoms with Gasteiger partial charge in [0.2, 0.25) is 0 Å². The lowest BCUT2D eigenvalue weighted by Crippen LogP contribution is -2.18. The molecule has 0 aromatic heterocycles. The van der Waals surface area contributed by atoms with Crippen LogP contribution in [0, 0.1) is 0 Å². The maximum absolute atomic E-state index is 5.70. The van der Waals surface area contributed by atoms with Crippen molar-refractivity contribution in [1.82, 2.24) is 0 Å². The van der Waals surface area contributed by atoms with Crippen LogP contribution in [-0.4, -0.2) is 12.2 Å². The number of hydrogen-bond donors (Lipinski definition) is 0. The van der Waals surface area contributed by atoms with Crippen LogP contribution in [0.25, 0.3) is 0 Å². The van der Waals surface area contributed by atoms with Crippen LogP contribution in [0.3, 0.4) is 0 Å². The first-order valence-electron chi connectivity index (χ1n) is 4.68. The van der Waals surface area contributed by atoms with E-state index in [0.717, 1.165) is 17.9 Å². The number of fused-ring (bicyclic) bond motifs is 1. The lowest BCUT2D eigenvalue weighted by molar-refractivity contribution is 0.168. The van der Waals surface area contributed by atoms with Crippen molar-refractivity contribution in [2.75, 3.05) is 0 Å². The molecule has 2 nitrogen and oxygen atoms in total. The van der Waals surface area contributed by atoms with Gasteiger partial charge in [0.25, 0.3) is 0 Å². The van der Waals surface area contributed by atoms with Crippen molar-refractivity contribution in [3.8, 4) is 11.5 Å². The Kier molecular flexibility index (Phi) is 2.13. The van der Waals surface area contributed by atoms with E-state index in [1.54, 1.807) is 0 Å². The van der Waals surface area contributed by atoms with Gasteiger partial charge in [-0.15, -0.1) is 0 Å². The largest absolute Gasteiger partial charge is 0.487 e. The maximum atomic E-state index is 5.70. The third-order valence-electron chi connectivity index (χ3n) is 2.17. The molecule has 1 aliphatic rings. The highest BCUT2D eigenvalue weighted by atomic mass is 16.5. The molecule has 1 aliphatic heterocycles. The zero-order valence-corrected chi connectivity index (χ0v) is 7.99. The minimum Gasteiger partial charge on any atom is -0.487 e. The van der Waals surface area contributed by atoms with Gasteiger partial charge in [0.1, 0.15) is 0 Å². The van der Waals surface area contributed by atoms with Gasteiger partial charge in [0.15, 0.2) is 11.5 Å². The van der Waals surface area contributed by atoms with E-state index in [1.807, 2.05) is 24.3 Å². The normalized spacial score (nSPS) is 26.6. The van der Waals surface area contributed by atoms with Crippen molar-refractivity contribution in [3.05, 3.63) is 24.3 Å². The fraction of sp³-hybridized carbons (Fsp3) is 0.455. The van der Waals surface area contributed by atoms with E-state index in [-0.39, 0.29) is 12.2 Å². The van der Waals surface area contributed by atoms with Gasteiger partial charge in [0, 0.05) is 6.42 Å². The van der Waals surface area contributed by atoms with Gasteiger partial charge in [-0.25, -0.2) is 0 Å². The summed E-state index contributed by atoms with van der Waals surface area (Å²) < 4.78 is 11.4. The van der Waals surface area contributed by atoms with Crippen molar-refractivity contribution >= 4 is 0 Å². The second-order valence-corrected chi connectivity index (χ2v) is 3.54. The van der Waals surface area contributed by atoms with Gasteiger partial charge in [-0.1, -0.05) is 12.1 Å². The van der Waals surface area contributed by atoms with Crippen LogP contribution in [-0.2, 0) is 0 Å². The molecule has 1 aromatic rings. The van der Waals surface area contributed by atoms with Crippen LogP contribution in [0.2, 0.25) is 0 Å². The summed E-state index contributed by atoms with van der Waals surface area (Å²) in [6, 6.07) is 7.82. The fourth-order valence-electron chi connectivity index (χ4n) is 1.64. The Morgan fingerprint density at radius 1 is 1.00 bits per heavy atom. The summed E-state index contributed by atoms with van der Waals surface area (Å²) in [5.41, 5.74) is 0. The minimum atomic E-state index is 0.235. The van der Waals surface area contributed by atoms with Gasteiger partial charge in [-0.05, 0) is 26.0 Å². The van der Waals surface area contributed by atoms with E-state index in [0.29, 0.717) is 0 Å². The molecule has 0 radical (unpaired) electrons. The lowest BCUT2D eigenvalue weighted by atomic mass is 10.2. The number of para-hydroxylation sites is 2. The molecule has 1 heterocycles. The van der Waals surface area contributed by atoms with Crippen LogP contribution in [0.1, 0.15) is 20.3 Å². The molecule has 0 unspecified atom stereocenters. The van der Waals surface area contributed by atoms with Gasteiger partial charge in [0.05, 0.1) is 12.2 Å². The quantitative estimate of drug-likeness (QED) is 0.608. The minimum absolute atomic E-state index is 0.235. The molecule has 0 spiro atoms. The molecule has 0 bridgehead atoms. The monoisotopic (exact) mass is 178 g/mol. The van der Waals surface area contributed by atoms with Gasteiger partial charge >= 0.3 is 0 Å². The third-order valence-corrected chi connectivity index (χ3v) is 2.17. The van der Waals surface area contributed by atoms with Gasteiger partial charge in [-0.2, -0.15) is 0 Å². The molecule has 0 N–H and O–H groups in total. The summed E-state index contributed by atoms with van der Waals surface area (Å²) in [5, 5.41) is 0. The molecule has 2 atom stereocenters. The van der Waals surface area contributed by atoms with Crippen LogP contribution < -0.4 is 9.47 Å². The summed E-state index contributed by atoms with van der Waals surface area (Å²) in [7, 11) is 0. The fourth-order valence-corrected chi connectivity index (χ4v) is 1.64. The first-order chi connectivity index (χ1) is 6.25. The molecule has 2 heteroatoms. The van der Waals surface area contributed by atoms with E-state index in [9.17, 15) is 0 Å². The highest BCUT2D eigenvalue weighted by Crippen LogP contribution is 2.32. The van der Waals surface area contributed by atoms with Crippen molar-refractivity contribution in [1.29, 1.82) is 0 Å². The van der Waals surface area contributed by atoms with Crippen LogP contribution in [0.4, 0.5) is 0 Å². The first-order valence-corrected chi connectivity index (χ1v) is 4.68. The molecule has 13 heavy (non-hydrogen) atoms. The highest BCUT2D eigenvalue weighted by molar-refractivity contribution is 5.40. The number of rotatable bonds is 0. The summed E-state index contributed by atoms with van der Waals surface area (Å²) >= 11 is 0. The zero-order valence-electron chi connectivity index (χ0n) is 7.99. The molecule has 0 saturated carbocycles. The molecule has 2 rings (SSSR count). The van der Waals surface area contributed by atoms with E-state index < -0.39 is 0 Å². The Bertz CT molecular complexity index is 267. The summed E-state index contributed by atoms with van der Waals surface area (Å²) in [4.78, 5) is 0. The lowest BCUT2D eigenvalue weighted by Gasteiger charge is -2.11. The number of ether oxygens (including phenoxy) is 2. The van der Waals surface area contributed by atoms with Crippen LogP contribution in [0.15, 0.2) is 24.3 Å². The van der Waals surface area contributed by atoms with Crippen LogP contribution in [0.5, 0.6) is 11.5 Å². The third kappa shape index (κ3) is 1.77. The second-order valence-electron chi connectivity index (χ2n) is 3.54. The second kappa shape index (κ2) is 3.29. The van der Waals surface area contributed by atoms with E-state index in [2.05, 4.69) is 13.8 Å². The van der Waals surface area contributed by atoms with Crippen molar-refractivity contribution in [2.45, 2.75) is 32.5 Å². The molecule has 70 valence electrons. The molecular weight excluding hydrogens is 164 g/mol. The van der Waals surface area contributed by atoms with Gasteiger partial charge < -0.3 is 9.47 Å². The molecular formula is C11H14O2. The smallest absolute Gasteiger partial charge is 0.161 e. The van der Waals surface area contributed by atoms with Gasteiger partial charge in [-0.3, -0.25) is 0 Å². The SMILES string of the molecule is C[C@@H]1C[C@@H](C)Oc2ccccc2O1. The number of hydrogen-bond acceptors (Lipinski definition) is 2. The van der Waals surface area contributed by atoms with Crippen molar-refractivity contribution < 1.29 is 9.47 Å². The predicted octanol–water partition coefficient (Wildman–Crippen LogP) is 2.62. The van der Waals surface area contributed by atoms with Crippen molar-refractivity contribution in [2.24, 2.45) is 0 Å². The predicted molar refractivity (Wildman–Crippen MR) is 51.2 cm³/mol. The molecule has 0 saturated heterocycles.